The van der Waals surface area contributed by atoms with E-state index in [9.17, 15) is 8.42 Å². The first-order valence-electron chi connectivity index (χ1n) is 7.13. The van der Waals surface area contributed by atoms with Crippen LogP contribution in [0.25, 0.3) is 0 Å². The van der Waals surface area contributed by atoms with Crippen molar-refractivity contribution in [1.82, 2.24) is 10.5 Å². The standard InChI is InChI=1S/C15H21N3O3S/c1-4-15-14(11(3)21-18-15)9-17-10(2)12-6-5-7-13(8-12)22(16,19)20/h5-8,10,17H,4,9H2,1-3H3,(H2,16,19,20)/t10-/m1/s1. The van der Waals surface area contributed by atoms with Crippen LogP contribution in [0.1, 0.15) is 42.5 Å². The van der Waals surface area contributed by atoms with E-state index >= 15 is 0 Å². The molecule has 0 aliphatic heterocycles. The average Bonchev–Trinajstić information content (AvgIpc) is 2.84. The number of hydrogen-bond donors (Lipinski definition) is 2. The number of nitrogens with two attached hydrogens (primary N) is 1. The van der Waals surface area contributed by atoms with Gasteiger partial charge in [0.15, 0.2) is 0 Å². The van der Waals surface area contributed by atoms with Gasteiger partial charge in [-0.15, -0.1) is 0 Å². The van der Waals surface area contributed by atoms with Gasteiger partial charge in [0.25, 0.3) is 0 Å². The number of primary sulfonamides is 1. The van der Waals surface area contributed by atoms with Gasteiger partial charge in [0.05, 0.1) is 10.6 Å². The second-order valence-corrected chi connectivity index (χ2v) is 6.80. The lowest BCUT2D eigenvalue weighted by Crippen LogP contribution is -2.20. The minimum atomic E-state index is -3.69. The molecule has 1 aromatic heterocycles. The molecule has 1 heterocycles. The average molecular weight is 323 g/mol. The highest BCUT2D eigenvalue weighted by molar-refractivity contribution is 7.89. The highest BCUT2D eigenvalue weighted by Crippen LogP contribution is 2.19. The Morgan fingerprint density at radius 1 is 1.41 bits per heavy atom. The third-order valence-corrected chi connectivity index (χ3v) is 4.58. The van der Waals surface area contributed by atoms with Gasteiger partial charge in [-0.25, -0.2) is 13.6 Å². The van der Waals surface area contributed by atoms with Crippen LogP contribution in [-0.2, 0) is 23.0 Å². The summed E-state index contributed by atoms with van der Waals surface area (Å²) in [5, 5.41) is 12.5. The van der Waals surface area contributed by atoms with E-state index in [0.29, 0.717) is 6.54 Å². The minimum Gasteiger partial charge on any atom is -0.361 e. The monoisotopic (exact) mass is 323 g/mol. The van der Waals surface area contributed by atoms with Crippen LogP contribution >= 0.6 is 0 Å². The SMILES string of the molecule is CCc1noc(C)c1CN[C@H](C)c1cccc(S(N)(=O)=O)c1. The molecule has 0 saturated heterocycles. The molecule has 0 radical (unpaired) electrons. The van der Waals surface area contributed by atoms with Crippen LogP contribution in [0.15, 0.2) is 33.7 Å². The van der Waals surface area contributed by atoms with Gasteiger partial charge in [0.1, 0.15) is 5.76 Å². The van der Waals surface area contributed by atoms with Crippen molar-refractivity contribution in [3.8, 4) is 0 Å². The molecule has 6 nitrogen and oxygen atoms in total. The van der Waals surface area contributed by atoms with Crippen LogP contribution in [0.4, 0.5) is 0 Å². The van der Waals surface area contributed by atoms with Gasteiger partial charge in [-0.3, -0.25) is 0 Å². The van der Waals surface area contributed by atoms with Crippen LogP contribution in [0.2, 0.25) is 0 Å². The van der Waals surface area contributed by atoms with Crippen molar-refractivity contribution in [2.24, 2.45) is 5.14 Å². The Balaban J connectivity index is 2.13. The van der Waals surface area contributed by atoms with Crippen LogP contribution in [-0.4, -0.2) is 13.6 Å². The number of hydrogen-bond acceptors (Lipinski definition) is 5. The van der Waals surface area contributed by atoms with Crippen LogP contribution < -0.4 is 10.5 Å². The third-order valence-electron chi connectivity index (χ3n) is 3.67. The maximum absolute atomic E-state index is 11.4. The summed E-state index contributed by atoms with van der Waals surface area (Å²) in [7, 11) is -3.69. The lowest BCUT2D eigenvalue weighted by atomic mass is 10.1. The number of nitrogens with zero attached hydrogens (tertiary/aromatic N) is 1. The van der Waals surface area contributed by atoms with E-state index in [2.05, 4.69) is 10.5 Å². The maximum Gasteiger partial charge on any atom is 0.238 e. The van der Waals surface area contributed by atoms with Crippen molar-refractivity contribution in [3.05, 3.63) is 46.8 Å². The molecule has 120 valence electrons. The topological polar surface area (TPSA) is 98.2 Å². The van der Waals surface area contributed by atoms with E-state index in [1.807, 2.05) is 26.8 Å². The Labute approximate surface area is 130 Å². The van der Waals surface area contributed by atoms with Gasteiger partial charge in [-0.1, -0.05) is 24.2 Å². The first-order chi connectivity index (χ1) is 10.3. The highest BCUT2D eigenvalue weighted by atomic mass is 32.2. The molecule has 0 spiro atoms. The van der Waals surface area contributed by atoms with Gasteiger partial charge >= 0.3 is 0 Å². The number of aryl methyl sites for hydroxylation is 2. The molecule has 0 aliphatic carbocycles. The second kappa shape index (κ2) is 6.60. The molecule has 1 aromatic carbocycles. The fourth-order valence-electron chi connectivity index (χ4n) is 2.28. The van der Waals surface area contributed by atoms with Gasteiger partial charge < -0.3 is 9.84 Å². The first kappa shape index (κ1) is 16.7. The van der Waals surface area contributed by atoms with Crippen molar-refractivity contribution in [3.63, 3.8) is 0 Å². The van der Waals surface area contributed by atoms with Crippen molar-refractivity contribution < 1.29 is 12.9 Å². The number of aromatic nitrogens is 1. The summed E-state index contributed by atoms with van der Waals surface area (Å²) in [5.41, 5.74) is 2.85. The zero-order valence-corrected chi connectivity index (χ0v) is 13.8. The summed E-state index contributed by atoms with van der Waals surface area (Å²) >= 11 is 0. The summed E-state index contributed by atoms with van der Waals surface area (Å²) in [6.45, 7) is 6.49. The van der Waals surface area contributed by atoms with Crippen LogP contribution in [0.3, 0.4) is 0 Å². The van der Waals surface area contributed by atoms with E-state index in [0.717, 1.165) is 29.0 Å². The Morgan fingerprint density at radius 2 is 2.14 bits per heavy atom. The van der Waals surface area contributed by atoms with Crippen LogP contribution in [0.5, 0.6) is 0 Å². The summed E-state index contributed by atoms with van der Waals surface area (Å²) in [6, 6.07) is 6.61. The smallest absolute Gasteiger partial charge is 0.238 e. The number of rotatable bonds is 6. The van der Waals surface area contributed by atoms with Crippen molar-refractivity contribution >= 4 is 10.0 Å². The maximum atomic E-state index is 11.4. The predicted octanol–water partition coefficient (Wildman–Crippen LogP) is 2.04. The number of sulfonamides is 1. The van der Waals surface area contributed by atoms with Crippen LogP contribution in [0, 0.1) is 6.92 Å². The zero-order valence-electron chi connectivity index (χ0n) is 13.0. The van der Waals surface area contributed by atoms with E-state index < -0.39 is 10.0 Å². The Morgan fingerprint density at radius 3 is 2.77 bits per heavy atom. The molecule has 0 bridgehead atoms. The molecular weight excluding hydrogens is 302 g/mol. The molecule has 3 N–H and O–H groups in total. The molecule has 7 heteroatoms. The van der Waals surface area contributed by atoms with Gasteiger partial charge in [-0.2, -0.15) is 0 Å². The second-order valence-electron chi connectivity index (χ2n) is 5.24. The molecule has 1 atom stereocenters. The summed E-state index contributed by atoms with van der Waals surface area (Å²) < 4.78 is 28.0. The van der Waals surface area contributed by atoms with E-state index in [-0.39, 0.29) is 10.9 Å². The first-order valence-corrected chi connectivity index (χ1v) is 8.67. The molecule has 2 rings (SSSR count). The summed E-state index contributed by atoms with van der Waals surface area (Å²) in [6.07, 6.45) is 0.809. The molecule has 0 aliphatic rings. The predicted molar refractivity (Wildman–Crippen MR) is 83.7 cm³/mol. The van der Waals surface area contributed by atoms with E-state index in [1.165, 1.54) is 6.07 Å². The van der Waals surface area contributed by atoms with Crippen molar-refractivity contribution in [1.29, 1.82) is 0 Å². The Hall–Kier alpha value is -1.70. The number of benzene rings is 1. The lowest BCUT2D eigenvalue weighted by Gasteiger charge is -2.15. The van der Waals surface area contributed by atoms with Gasteiger partial charge in [-0.05, 0) is 38.0 Å². The molecule has 0 amide bonds. The minimum absolute atomic E-state index is 0.0271. The number of nitrogens with one attached hydrogen (secondary N) is 1. The van der Waals surface area contributed by atoms with Crippen molar-refractivity contribution in [2.45, 2.75) is 44.7 Å². The molecule has 0 unspecified atom stereocenters. The normalized spacial score (nSPS) is 13.3. The Bertz CT molecular complexity index is 753. The molecular formula is C15H21N3O3S. The van der Waals surface area contributed by atoms with Gasteiger partial charge in [0.2, 0.25) is 10.0 Å². The zero-order chi connectivity index (χ0) is 16.3. The summed E-state index contributed by atoms with van der Waals surface area (Å²) in [5.74, 6) is 0.801. The van der Waals surface area contributed by atoms with Crippen molar-refractivity contribution in [2.75, 3.05) is 0 Å². The quantitative estimate of drug-likeness (QED) is 0.847. The third kappa shape index (κ3) is 3.73. The fraction of sp³-hybridized carbons (Fsp3) is 0.400. The molecule has 0 fully saturated rings. The van der Waals surface area contributed by atoms with Gasteiger partial charge in [0, 0.05) is 18.2 Å². The Kier molecular flexibility index (Phi) is 5.00. The van der Waals surface area contributed by atoms with E-state index in [1.54, 1.807) is 12.1 Å². The summed E-state index contributed by atoms with van der Waals surface area (Å²) in [4.78, 5) is 0.119. The fourth-order valence-corrected chi connectivity index (χ4v) is 2.84. The largest absolute Gasteiger partial charge is 0.361 e. The highest BCUT2D eigenvalue weighted by Gasteiger charge is 2.14. The van der Waals surface area contributed by atoms with E-state index in [4.69, 9.17) is 9.66 Å². The molecule has 2 aromatic rings. The molecule has 0 saturated carbocycles. The lowest BCUT2D eigenvalue weighted by molar-refractivity contribution is 0.389. The molecule has 22 heavy (non-hydrogen) atoms.